The van der Waals surface area contributed by atoms with Gasteiger partial charge in [0.05, 0.1) is 18.2 Å². The van der Waals surface area contributed by atoms with Crippen molar-refractivity contribution in [2.45, 2.75) is 12.8 Å². The molecule has 2 aromatic heterocycles. The minimum absolute atomic E-state index is 0.000666. The van der Waals surface area contributed by atoms with Gasteiger partial charge in [-0.25, -0.2) is 9.37 Å². The number of hydrogen-bond donors (Lipinski definition) is 1. The predicted octanol–water partition coefficient (Wildman–Crippen LogP) is 4.40. The van der Waals surface area contributed by atoms with Crippen LogP contribution < -0.4 is 5.32 Å². The lowest BCUT2D eigenvalue weighted by Gasteiger charge is -2.20. The first kappa shape index (κ1) is 18.5. The Morgan fingerprint density at radius 2 is 1.89 bits per heavy atom. The summed E-state index contributed by atoms with van der Waals surface area (Å²) < 4.78 is 23.5. The fourth-order valence-corrected chi connectivity index (χ4v) is 4.05. The highest BCUT2D eigenvalue weighted by Gasteiger charge is 2.28. The van der Waals surface area contributed by atoms with Crippen LogP contribution in [0.2, 0.25) is 0 Å². The third-order valence-corrected chi connectivity index (χ3v) is 5.55. The smallest absolute Gasteiger partial charge is 0.257 e. The van der Waals surface area contributed by atoms with Gasteiger partial charge in [-0.2, -0.15) is 0 Å². The van der Waals surface area contributed by atoms with Crippen LogP contribution in [-0.4, -0.2) is 29.9 Å². The highest BCUT2D eigenvalue weighted by molar-refractivity contribution is 7.18. The number of anilines is 1. The summed E-state index contributed by atoms with van der Waals surface area (Å²) in [5, 5.41) is 3.00. The molecule has 0 spiro atoms. The maximum Gasteiger partial charge on any atom is 0.257 e. The second kappa shape index (κ2) is 8.04. The van der Waals surface area contributed by atoms with Gasteiger partial charge in [0.1, 0.15) is 10.7 Å². The second-order valence-corrected chi connectivity index (χ2v) is 7.42. The largest absolute Gasteiger partial charge is 0.472 e. The van der Waals surface area contributed by atoms with Gasteiger partial charge in [0.2, 0.25) is 0 Å². The number of benzene rings is 1. The van der Waals surface area contributed by atoms with E-state index in [0.29, 0.717) is 52.9 Å². The normalized spacial score (nSPS) is 14.8. The van der Waals surface area contributed by atoms with Crippen LogP contribution in [0.5, 0.6) is 0 Å². The Bertz CT molecular complexity index is 976. The number of amides is 1. The summed E-state index contributed by atoms with van der Waals surface area (Å²) in [6, 6.07) is 6.94. The van der Waals surface area contributed by atoms with Crippen molar-refractivity contribution in [1.29, 1.82) is 0 Å². The van der Waals surface area contributed by atoms with Crippen molar-refractivity contribution < 1.29 is 23.1 Å². The first-order valence-corrected chi connectivity index (χ1v) is 9.66. The Labute approximate surface area is 164 Å². The fourth-order valence-electron chi connectivity index (χ4n) is 3.05. The Balaban J connectivity index is 1.62. The zero-order valence-electron chi connectivity index (χ0n) is 14.8. The molecular formula is C20H17FN2O4S. The lowest BCUT2D eigenvalue weighted by Crippen LogP contribution is -2.23. The van der Waals surface area contributed by atoms with Crippen molar-refractivity contribution in [3.8, 4) is 11.3 Å². The number of Topliss-reactive ketones (excluding diaryl/α,β-unsaturated/α-hetero) is 1. The van der Waals surface area contributed by atoms with Gasteiger partial charge in [0, 0.05) is 30.3 Å². The van der Waals surface area contributed by atoms with Crippen LogP contribution in [0.3, 0.4) is 0 Å². The lowest BCUT2D eigenvalue weighted by molar-refractivity contribution is 0.0548. The van der Waals surface area contributed by atoms with Gasteiger partial charge in [-0.1, -0.05) is 11.3 Å². The molecule has 1 fully saturated rings. The maximum absolute atomic E-state index is 13.1. The summed E-state index contributed by atoms with van der Waals surface area (Å²) in [7, 11) is 0. The minimum atomic E-state index is -0.419. The molecular weight excluding hydrogens is 383 g/mol. The van der Waals surface area contributed by atoms with E-state index in [2.05, 4.69) is 10.3 Å². The van der Waals surface area contributed by atoms with Crippen molar-refractivity contribution in [3.63, 3.8) is 0 Å². The van der Waals surface area contributed by atoms with E-state index in [-0.39, 0.29) is 11.7 Å². The molecule has 0 saturated carbocycles. The van der Waals surface area contributed by atoms with E-state index < -0.39 is 11.7 Å². The van der Waals surface area contributed by atoms with Gasteiger partial charge in [-0.15, -0.1) is 0 Å². The molecule has 0 aliphatic carbocycles. The molecule has 6 nitrogen and oxygen atoms in total. The fraction of sp³-hybridized carbons (Fsp3) is 0.250. The minimum Gasteiger partial charge on any atom is -0.472 e. The number of ether oxygens (including phenoxy) is 1. The van der Waals surface area contributed by atoms with E-state index in [1.165, 1.54) is 36.8 Å². The molecule has 1 aliphatic rings. The molecule has 4 rings (SSSR count). The average molecular weight is 400 g/mol. The summed E-state index contributed by atoms with van der Waals surface area (Å²) in [5.41, 5.74) is 1.47. The zero-order valence-corrected chi connectivity index (χ0v) is 15.6. The number of aromatic nitrogens is 1. The lowest BCUT2D eigenvalue weighted by atomic mass is 9.93. The number of nitrogens with one attached hydrogen (secondary N) is 1. The van der Waals surface area contributed by atoms with Gasteiger partial charge < -0.3 is 9.15 Å². The molecule has 0 atom stereocenters. The average Bonchev–Trinajstić information content (AvgIpc) is 3.38. The Hall–Kier alpha value is -2.84. The van der Waals surface area contributed by atoms with Crippen LogP contribution in [0.25, 0.3) is 11.3 Å². The molecule has 1 aromatic carbocycles. The van der Waals surface area contributed by atoms with Crippen molar-refractivity contribution in [1.82, 2.24) is 4.98 Å². The van der Waals surface area contributed by atoms with Crippen molar-refractivity contribution in [3.05, 3.63) is 59.1 Å². The van der Waals surface area contributed by atoms with E-state index in [4.69, 9.17) is 9.15 Å². The number of hydrogen-bond acceptors (Lipinski definition) is 6. The molecule has 0 radical (unpaired) electrons. The van der Waals surface area contributed by atoms with Crippen LogP contribution in [-0.2, 0) is 4.74 Å². The number of nitrogens with zero attached hydrogens (tertiary/aromatic N) is 1. The first-order chi connectivity index (χ1) is 13.6. The molecule has 144 valence electrons. The standard InChI is InChI=1S/C20H17FN2O4S/c21-15-3-1-13(2-4-15)19(25)23-20-22-16(14-7-10-27-11-14)18(28-20)17(24)12-5-8-26-9-6-12/h1-4,7,10-12H,5-6,8-9H2,(H,22,23,25). The van der Waals surface area contributed by atoms with Crippen LogP contribution in [0.1, 0.15) is 32.9 Å². The summed E-state index contributed by atoms with van der Waals surface area (Å²) in [6.45, 7) is 1.12. The highest BCUT2D eigenvalue weighted by Crippen LogP contribution is 2.35. The number of carbonyl (C=O) groups excluding carboxylic acids is 2. The summed E-state index contributed by atoms with van der Waals surface area (Å²) >= 11 is 1.14. The third kappa shape index (κ3) is 3.88. The number of rotatable bonds is 5. The third-order valence-electron chi connectivity index (χ3n) is 4.56. The number of furan rings is 1. The van der Waals surface area contributed by atoms with Crippen LogP contribution in [0.4, 0.5) is 9.52 Å². The number of halogens is 1. The van der Waals surface area contributed by atoms with Gasteiger partial charge in [0.15, 0.2) is 10.9 Å². The molecule has 1 amide bonds. The highest BCUT2D eigenvalue weighted by atomic mass is 32.1. The SMILES string of the molecule is O=C(Nc1nc(-c2ccoc2)c(C(=O)C2CCOCC2)s1)c1ccc(F)cc1. The molecule has 1 N–H and O–H groups in total. The maximum atomic E-state index is 13.1. The molecule has 3 aromatic rings. The number of carbonyl (C=O) groups is 2. The van der Waals surface area contributed by atoms with Crippen LogP contribution >= 0.6 is 11.3 Å². The Kier molecular flexibility index (Phi) is 5.31. The predicted molar refractivity (Wildman–Crippen MR) is 102 cm³/mol. The van der Waals surface area contributed by atoms with E-state index in [0.717, 1.165) is 11.3 Å². The second-order valence-electron chi connectivity index (χ2n) is 6.42. The van der Waals surface area contributed by atoms with Gasteiger partial charge in [-0.3, -0.25) is 14.9 Å². The Morgan fingerprint density at radius 3 is 2.57 bits per heavy atom. The van der Waals surface area contributed by atoms with Gasteiger partial charge in [-0.05, 0) is 43.2 Å². The first-order valence-electron chi connectivity index (χ1n) is 8.84. The Morgan fingerprint density at radius 1 is 1.14 bits per heavy atom. The van der Waals surface area contributed by atoms with Crippen LogP contribution in [0.15, 0.2) is 47.3 Å². The zero-order chi connectivity index (χ0) is 19.5. The quantitative estimate of drug-likeness (QED) is 0.642. The van der Waals surface area contributed by atoms with E-state index in [1.54, 1.807) is 6.07 Å². The van der Waals surface area contributed by atoms with E-state index in [1.807, 2.05) is 0 Å². The van der Waals surface area contributed by atoms with Crippen molar-refractivity contribution in [2.24, 2.45) is 5.92 Å². The summed E-state index contributed by atoms with van der Waals surface area (Å²) in [4.78, 5) is 30.4. The number of thiazole rings is 1. The van der Waals surface area contributed by atoms with Gasteiger partial charge >= 0.3 is 0 Å². The molecule has 1 aliphatic heterocycles. The summed E-state index contributed by atoms with van der Waals surface area (Å²) in [5.74, 6) is -0.963. The van der Waals surface area contributed by atoms with E-state index >= 15 is 0 Å². The molecule has 0 bridgehead atoms. The van der Waals surface area contributed by atoms with E-state index in [9.17, 15) is 14.0 Å². The van der Waals surface area contributed by atoms with Gasteiger partial charge in [0.25, 0.3) is 5.91 Å². The summed E-state index contributed by atoms with van der Waals surface area (Å²) in [6.07, 6.45) is 4.35. The number of ketones is 1. The van der Waals surface area contributed by atoms with Crippen LogP contribution in [0, 0.1) is 11.7 Å². The molecule has 28 heavy (non-hydrogen) atoms. The monoisotopic (exact) mass is 400 g/mol. The molecule has 0 unspecified atom stereocenters. The van der Waals surface area contributed by atoms with Crippen molar-refractivity contribution >= 4 is 28.2 Å². The topological polar surface area (TPSA) is 81.4 Å². The molecule has 3 heterocycles. The molecule has 1 saturated heterocycles. The van der Waals surface area contributed by atoms with Crippen molar-refractivity contribution in [2.75, 3.05) is 18.5 Å². The molecule has 8 heteroatoms.